The molecule has 5 N–H and O–H groups in total. The summed E-state index contributed by atoms with van der Waals surface area (Å²) in [7, 11) is 0. The van der Waals surface area contributed by atoms with Crippen LogP contribution in [0.25, 0.3) is 10.8 Å². The second-order valence-electron chi connectivity index (χ2n) is 4.87. The van der Waals surface area contributed by atoms with E-state index in [-0.39, 0.29) is 5.91 Å². The highest BCUT2D eigenvalue weighted by Gasteiger charge is 2.09. The first-order valence-corrected chi connectivity index (χ1v) is 6.58. The predicted molar refractivity (Wildman–Crippen MR) is 87.2 cm³/mol. The SMILES string of the molecule is Nc1cc(N)cc(C(=O)Nc2cccc3ccccc23)c1. The zero-order valence-corrected chi connectivity index (χ0v) is 11.3. The monoisotopic (exact) mass is 277 g/mol. The smallest absolute Gasteiger partial charge is 0.255 e. The maximum absolute atomic E-state index is 12.3. The van der Waals surface area contributed by atoms with Crippen LogP contribution in [0.4, 0.5) is 17.1 Å². The second kappa shape index (κ2) is 5.17. The number of rotatable bonds is 2. The quantitative estimate of drug-likeness (QED) is 0.629. The zero-order chi connectivity index (χ0) is 14.8. The number of nitrogen functional groups attached to an aromatic ring is 2. The average molecular weight is 277 g/mol. The van der Waals surface area contributed by atoms with E-state index in [4.69, 9.17) is 11.5 Å². The van der Waals surface area contributed by atoms with E-state index < -0.39 is 0 Å². The maximum atomic E-state index is 12.3. The van der Waals surface area contributed by atoms with Crippen molar-refractivity contribution < 1.29 is 4.79 Å². The van der Waals surface area contributed by atoms with E-state index in [1.165, 1.54) is 0 Å². The highest BCUT2D eigenvalue weighted by atomic mass is 16.1. The average Bonchev–Trinajstić information content (AvgIpc) is 2.46. The molecule has 0 saturated heterocycles. The van der Waals surface area contributed by atoms with Crippen LogP contribution in [0.2, 0.25) is 0 Å². The minimum absolute atomic E-state index is 0.231. The summed E-state index contributed by atoms with van der Waals surface area (Å²) in [5, 5.41) is 4.97. The molecule has 0 fully saturated rings. The summed E-state index contributed by atoms with van der Waals surface area (Å²) in [5.74, 6) is -0.231. The third-order valence-electron chi connectivity index (χ3n) is 3.28. The summed E-state index contributed by atoms with van der Waals surface area (Å²) in [6.07, 6.45) is 0. The number of benzene rings is 3. The van der Waals surface area contributed by atoms with Crippen LogP contribution >= 0.6 is 0 Å². The highest BCUT2D eigenvalue weighted by molar-refractivity contribution is 6.09. The van der Waals surface area contributed by atoms with Crippen molar-refractivity contribution in [2.75, 3.05) is 16.8 Å². The molecule has 0 heterocycles. The third-order valence-corrected chi connectivity index (χ3v) is 3.28. The molecule has 0 saturated carbocycles. The molecule has 21 heavy (non-hydrogen) atoms. The number of carbonyl (C=O) groups excluding carboxylic acids is 1. The molecule has 3 rings (SSSR count). The van der Waals surface area contributed by atoms with Gasteiger partial charge in [-0.05, 0) is 29.7 Å². The van der Waals surface area contributed by atoms with Gasteiger partial charge < -0.3 is 16.8 Å². The number of anilines is 3. The first-order valence-electron chi connectivity index (χ1n) is 6.58. The van der Waals surface area contributed by atoms with Crippen molar-refractivity contribution in [3.8, 4) is 0 Å². The first-order chi connectivity index (χ1) is 10.1. The van der Waals surface area contributed by atoms with Crippen LogP contribution in [0.5, 0.6) is 0 Å². The maximum Gasteiger partial charge on any atom is 0.255 e. The number of amides is 1. The molecule has 0 aliphatic carbocycles. The van der Waals surface area contributed by atoms with Crippen molar-refractivity contribution in [2.45, 2.75) is 0 Å². The Balaban J connectivity index is 1.96. The Hall–Kier alpha value is -3.01. The Labute approximate surface area is 122 Å². The van der Waals surface area contributed by atoms with E-state index in [1.807, 2.05) is 42.5 Å². The molecular formula is C17H15N3O. The molecular weight excluding hydrogens is 262 g/mol. The van der Waals surface area contributed by atoms with E-state index in [0.29, 0.717) is 16.9 Å². The van der Waals surface area contributed by atoms with Gasteiger partial charge in [0.05, 0.1) is 0 Å². The van der Waals surface area contributed by atoms with E-state index in [9.17, 15) is 4.79 Å². The molecule has 0 bridgehead atoms. The van der Waals surface area contributed by atoms with Crippen LogP contribution in [0.3, 0.4) is 0 Å². The van der Waals surface area contributed by atoms with Gasteiger partial charge in [0.15, 0.2) is 0 Å². The van der Waals surface area contributed by atoms with E-state index in [1.54, 1.807) is 18.2 Å². The van der Waals surface area contributed by atoms with E-state index >= 15 is 0 Å². The topological polar surface area (TPSA) is 81.1 Å². The minimum atomic E-state index is -0.231. The molecule has 4 heteroatoms. The van der Waals surface area contributed by atoms with Gasteiger partial charge in [-0.15, -0.1) is 0 Å². The lowest BCUT2D eigenvalue weighted by Gasteiger charge is -2.09. The molecule has 1 amide bonds. The number of nitrogens with one attached hydrogen (secondary N) is 1. The van der Waals surface area contributed by atoms with Crippen LogP contribution < -0.4 is 16.8 Å². The minimum Gasteiger partial charge on any atom is -0.399 e. The lowest BCUT2D eigenvalue weighted by atomic mass is 10.1. The number of hydrogen-bond acceptors (Lipinski definition) is 3. The van der Waals surface area contributed by atoms with Gasteiger partial charge in [-0.1, -0.05) is 36.4 Å². The Morgan fingerprint density at radius 2 is 1.52 bits per heavy atom. The molecule has 0 radical (unpaired) electrons. The molecule has 3 aromatic carbocycles. The largest absolute Gasteiger partial charge is 0.399 e. The molecule has 0 aliphatic rings. The molecule has 0 aromatic heterocycles. The molecule has 104 valence electrons. The molecule has 4 nitrogen and oxygen atoms in total. The molecule has 3 aromatic rings. The van der Waals surface area contributed by atoms with Gasteiger partial charge >= 0.3 is 0 Å². The standard InChI is InChI=1S/C17H15N3O/c18-13-8-12(9-14(19)10-13)17(21)20-16-7-3-5-11-4-1-2-6-15(11)16/h1-10H,18-19H2,(H,20,21). The van der Waals surface area contributed by atoms with Crippen molar-refractivity contribution in [3.05, 3.63) is 66.2 Å². The van der Waals surface area contributed by atoms with Crippen LogP contribution in [0.15, 0.2) is 60.7 Å². The lowest BCUT2D eigenvalue weighted by molar-refractivity contribution is 0.102. The van der Waals surface area contributed by atoms with Crippen LogP contribution in [0.1, 0.15) is 10.4 Å². The van der Waals surface area contributed by atoms with Crippen molar-refractivity contribution >= 4 is 33.7 Å². The van der Waals surface area contributed by atoms with Crippen LogP contribution in [-0.2, 0) is 0 Å². The highest BCUT2D eigenvalue weighted by Crippen LogP contribution is 2.24. The zero-order valence-electron chi connectivity index (χ0n) is 11.3. The van der Waals surface area contributed by atoms with Gasteiger partial charge in [-0.3, -0.25) is 4.79 Å². The van der Waals surface area contributed by atoms with Gasteiger partial charge in [-0.2, -0.15) is 0 Å². The first kappa shape index (κ1) is 13.0. The number of nitrogens with two attached hydrogens (primary N) is 2. The van der Waals surface area contributed by atoms with Gasteiger partial charge in [0.25, 0.3) is 5.91 Å². The summed E-state index contributed by atoms with van der Waals surface area (Å²) in [4.78, 5) is 12.3. The normalized spacial score (nSPS) is 10.5. The summed E-state index contributed by atoms with van der Waals surface area (Å²) < 4.78 is 0. The fourth-order valence-corrected chi connectivity index (χ4v) is 2.34. The van der Waals surface area contributed by atoms with Gasteiger partial charge in [-0.25, -0.2) is 0 Å². The van der Waals surface area contributed by atoms with E-state index in [2.05, 4.69) is 5.32 Å². The number of carbonyl (C=O) groups is 1. The fourth-order valence-electron chi connectivity index (χ4n) is 2.34. The third kappa shape index (κ3) is 2.65. The summed E-state index contributed by atoms with van der Waals surface area (Å²) in [6.45, 7) is 0. The Kier molecular flexibility index (Phi) is 3.20. The molecule has 0 unspecified atom stereocenters. The predicted octanol–water partition coefficient (Wildman–Crippen LogP) is 3.26. The van der Waals surface area contributed by atoms with Crippen molar-refractivity contribution in [1.29, 1.82) is 0 Å². The molecule has 0 atom stereocenters. The summed E-state index contributed by atoms with van der Waals surface area (Å²) >= 11 is 0. The van der Waals surface area contributed by atoms with Crippen molar-refractivity contribution in [3.63, 3.8) is 0 Å². The van der Waals surface area contributed by atoms with Gasteiger partial charge in [0.2, 0.25) is 0 Å². The van der Waals surface area contributed by atoms with Crippen LogP contribution in [0, 0.1) is 0 Å². The number of hydrogen-bond donors (Lipinski definition) is 3. The van der Waals surface area contributed by atoms with Crippen molar-refractivity contribution in [2.24, 2.45) is 0 Å². The van der Waals surface area contributed by atoms with Gasteiger partial charge in [0.1, 0.15) is 0 Å². The Bertz CT molecular complexity index is 802. The fraction of sp³-hybridized carbons (Fsp3) is 0. The molecule has 0 aliphatic heterocycles. The second-order valence-corrected chi connectivity index (χ2v) is 4.87. The summed E-state index contributed by atoms with van der Waals surface area (Å²) in [6, 6.07) is 18.5. The Morgan fingerprint density at radius 3 is 2.29 bits per heavy atom. The number of fused-ring (bicyclic) bond motifs is 1. The summed E-state index contributed by atoms with van der Waals surface area (Å²) in [5.41, 5.74) is 13.6. The lowest BCUT2D eigenvalue weighted by Crippen LogP contribution is -2.13. The van der Waals surface area contributed by atoms with Crippen LogP contribution in [-0.4, -0.2) is 5.91 Å². The molecule has 0 spiro atoms. The van der Waals surface area contributed by atoms with E-state index in [0.717, 1.165) is 16.5 Å². The Morgan fingerprint density at radius 1 is 0.857 bits per heavy atom. The van der Waals surface area contributed by atoms with Gasteiger partial charge in [0, 0.05) is 28.0 Å². The van der Waals surface area contributed by atoms with Crippen molar-refractivity contribution in [1.82, 2.24) is 0 Å².